The van der Waals surface area contributed by atoms with Crippen molar-refractivity contribution in [1.82, 2.24) is 10.6 Å². The first kappa shape index (κ1) is 27.3. The monoisotopic (exact) mass is 520 g/mol. The number of nitrogens with zero attached hydrogens (tertiary/aromatic N) is 2. The normalized spacial score (nSPS) is 23.7. The van der Waals surface area contributed by atoms with Crippen LogP contribution in [0.15, 0.2) is 34.3 Å². The van der Waals surface area contributed by atoms with Crippen LogP contribution < -0.4 is 21.3 Å². The maximum Gasteiger partial charge on any atom is 0.196 e. The first-order valence-corrected chi connectivity index (χ1v) is 16.1. The zero-order valence-electron chi connectivity index (χ0n) is 23.7. The van der Waals surface area contributed by atoms with Crippen LogP contribution >= 0.6 is 0 Å². The van der Waals surface area contributed by atoms with E-state index < -0.39 is 0 Å². The fourth-order valence-corrected chi connectivity index (χ4v) is 6.83. The van der Waals surface area contributed by atoms with Crippen LogP contribution in [0.5, 0.6) is 0 Å². The summed E-state index contributed by atoms with van der Waals surface area (Å²) in [5, 5.41) is 15.0. The summed E-state index contributed by atoms with van der Waals surface area (Å²) in [7, 11) is 0. The third-order valence-corrected chi connectivity index (χ3v) is 9.05. The second-order valence-electron chi connectivity index (χ2n) is 12.3. The third-order valence-electron chi connectivity index (χ3n) is 9.05. The quantitative estimate of drug-likeness (QED) is 0.229. The Morgan fingerprint density at radius 2 is 0.868 bits per heavy atom. The Labute approximate surface area is 231 Å². The smallest absolute Gasteiger partial charge is 0.196 e. The van der Waals surface area contributed by atoms with Gasteiger partial charge < -0.3 is 21.3 Å². The van der Waals surface area contributed by atoms with Gasteiger partial charge in [-0.05, 0) is 69.6 Å². The highest BCUT2D eigenvalue weighted by atomic mass is 15.2. The lowest BCUT2D eigenvalue weighted by Gasteiger charge is -2.27. The number of anilines is 2. The molecule has 1 aromatic rings. The molecule has 0 bridgehead atoms. The van der Waals surface area contributed by atoms with Crippen molar-refractivity contribution in [1.29, 1.82) is 0 Å². The minimum Gasteiger partial charge on any atom is -0.353 e. The minimum atomic E-state index is 0.442. The van der Waals surface area contributed by atoms with Gasteiger partial charge in [0.15, 0.2) is 11.9 Å². The summed E-state index contributed by atoms with van der Waals surface area (Å²) in [5.74, 6) is 1.94. The molecule has 5 rings (SSSR count). The van der Waals surface area contributed by atoms with Gasteiger partial charge >= 0.3 is 0 Å². The maximum atomic E-state index is 5.21. The fourth-order valence-electron chi connectivity index (χ4n) is 6.83. The molecule has 0 saturated heterocycles. The summed E-state index contributed by atoms with van der Waals surface area (Å²) in [4.78, 5) is 10.4. The van der Waals surface area contributed by atoms with E-state index in [4.69, 9.17) is 9.98 Å². The average Bonchev–Trinajstić information content (AvgIpc) is 2.95. The van der Waals surface area contributed by atoms with E-state index in [1.807, 2.05) is 0 Å². The summed E-state index contributed by atoms with van der Waals surface area (Å²) in [6.07, 6.45) is 25.8. The van der Waals surface area contributed by atoms with Crippen molar-refractivity contribution >= 4 is 23.3 Å². The second kappa shape index (κ2) is 14.8. The molecule has 4 saturated carbocycles. The summed E-state index contributed by atoms with van der Waals surface area (Å²) in [6, 6.07) is 10.6. The highest BCUT2D eigenvalue weighted by Gasteiger charge is 2.20. The van der Waals surface area contributed by atoms with Crippen LogP contribution in [0.4, 0.5) is 11.4 Å². The predicted molar refractivity (Wildman–Crippen MR) is 162 cm³/mol. The number of nitrogens with one attached hydrogen (secondary N) is 4. The molecule has 0 unspecified atom stereocenters. The van der Waals surface area contributed by atoms with Gasteiger partial charge in [0, 0.05) is 23.5 Å². The van der Waals surface area contributed by atoms with Gasteiger partial charge in [-0.1, -0.05) is 83.1 Å². The topological polar surface area (TPSA) is 72.8 Å². The van der Waals surface area contributed by atoms with Gasteiger partial charge in [-0.2, -0.15) is 0 Å². The molecule has 0 amide bonds. The van der Waals surface area contributed by atoms with E-state index in [1.54, 1.807) is 0 Å². The van der Waals surface area contributed by atoms with E-state index in [9.17, 15) is 0 Å². The Morgan fingerprint density at radius 1 is 0.500 bits per heavy atom. The number of rotatable bonds is 6. The number of benzene rings is 1. The van der Waals surface area contributed by atoms with Crippen molar-refractivity contribution in [3.8, 4) is 0 Å². The Morgan fingerprint density at radius 3 is 1.26 bits per heavy atom. The van der Waals surface area contributed by atoms with E-state index in [-0.39, 0.29) is 0 Å². The molecule has 0 atom stereocenters. The van der Waals surface area contributed by atoms with Gasteiger partial charge in [0.1, 0.15) is 0 Å². The molecule has 4 aliphatic carbocycles. The standard InChI is InChI=1S/C32H52N6/c1-5-14-25(15-6-1)33-31(34-26-16-7-2-8-17-26)37-29-22-13-23-30(24-29)38-32(35-27-18-9-3-10-19-27)36-28-20-11-4-12-21-28/h13,22-28H,1-12,14-21H2,(H2,33,34,37)(H2,35,36,38). The van der Waals surface area contributed by atoms with Gasteiger partial charge in [-0.15, -0.1) is 0 Å². The van der Waals surface area contributed by atoms with E-state index in [2.05, 4.69) is 45.5 Å². The first-order valence-electron chi connectivity index (χ1n) is 16.1. The van der Waals surface area contributed by atoms with Gasteiger partial charge in [0.25, 0.3) is 0 Å². The van der Waals surface area contributed by atoms with Gasteiger partial charge in [0.2, 0.25) is 0 Å². The van der Waals surface area contributed by atoms with Crippen molar-refractivity contribution in [2.45, 2.75) is 153 Å². The summed E-state index contributed by atoms with van der Waals surface area (Å²) in [5.41, 5.74) is 2.17. The van der Waals surface area contributed by atoms with Gasteiger partial charge in [-0.3, -0.25) is 0 Å². The van der Waals surface area contributed by atoms with Crippen molar-refractivity contribution < 1.29 is 0 Å². The molecule has 38 heavy (non-hydrogen) atoms. The lowest BCUT2D eigenvalue weighted by Crippen LogP contribution is -2.41. The molecule has 1 aromatic carbocycles. The van der Waals surface area contributed by atoms with Crippen LogP contribution in [0, 0.1) is 0 Å². The van der Waals surface area contributed by atoms with E-state index in [0.29, 0.717) is 24.2 Å². The molecule has 210 valence electrons. The highest BCUT2D eigenvalue weighted by molar-refractivity contribution is 5.97. The number of hydrogen-bond donors (Lipinski definition) is 4. The molecule has 0 heterocycles. The molecule has 4 aliphatic rings. The van der Waals surface area contributed by atoms with Crippen LogP contribution in [-0.4, -0.2) is 36.1 Å². The third kappa shape index (κ3) is 8.91. The summed E-state index contributed by atoms with van der Waals surface area (Å²) in [6.45, 7) is 0. The highest BCUT2D eigenvalue weighted by Crippen LogP contribution is 2.24. The van der Waals surface area contributed by atoms with Crippen molar-refractivity contribution in [2.75, 3.05) is 10.6 Å². The average molecular weight is 521 g/mol. The van der Waals surface area contributed by atoms with Crippen molar-refractivity contribution in [2.24, 2.45) is 9.98 Å². The number of hydrogen-bond acceptors (Lipinski definition) is 2. The molecule has 0 spiro atoms. The zero-order valence-corrected chi connectivity index (χ0v) is 23.7. The van der Waals surface area contributed by atoms with Crippen molar-refractivity contribution in [3.05, 3.63) is 24.3 Å². The van der Waals surface area contributed by atoms with Crippen LogP contribution in [-0.2, 0) is 0 Å². The van der Waals surface area contributed by atoms with E-state index in [1.165, 1.54) is 128 Å². The summed E-state index contributed by atoms with van der Waals surface area (Å²) < 4.78 is 0. The maximum absolute atomic E-state index is 5.21. The zero-order chi connectivity index (χ0) is 25.8. The molecular weight excluding hydrogens is 468 g/mol. The molecule has 6 nitrogen and oxygen atoms in total. The van der Waals surface area contributed by atoms with Crippen molar-refractivity contribution in [3.63, 3.8) is 0 Å². The Kier molecular flexibility index (Phi) is 10.6. The number of guanidine groups is 2. The Balaban J connectivity index is 1.28. The fraction of sp³-hybridized carbons (Fsp3) is 0.750. The first-order chi connectivity index (χ1) is 18.8. The Bertz CT molecular complexity index is 818. The largest absolute Gasteiger partial charge is 0.353 e. The molecule has 6 heteroatoms. The number of aliphatic imine (C=N–C) groups is 2. The lowest BCUT2D eigenvalue weighted by atomic mass is 9.95. The van der Waals surface area contributed by atoms with Crippen LogP contribution in [0.3, 0.4) is 0 Å². The molecular formula is C32H52N6. The molecule has 0 radical (unpaired) electrons. The van der Waals surface area contributed by atoms with Crippen LogP contribution in [0.1, 0.15) is 128 Å². The van der Waals surface area contributed by atoms with E-state index >= 15 is 0 Å². The predicted octanol–water partition coefficient (Wildman–Crippen LogP) is 7.73. The summed E-state index contributed by atoms with van der Waals surface area (Å²) >= 11 is 0. The molecule has 4 fully saturated rings. The van der Waals surface area contributed by atoms with Crippen LogP contribution in [0.25, 0.3) is 0 Å². The van der Waals surface area contributed by atoms with Crippen LogP contribution in [0.2, 0.25) is 0 Å². The second-order valence-corrected chi connectivity index (χ2v) is 12.3. The molecule has 0 aliphatic heterocycles. The SMILES string of the molecule is c1cc(NC(=NC2CCCCC2)NC2CCCCC2)cc(NC(=NC2CCCCC2)NC2CCCCC2)c1. The lowest BCUT2D eigenvalue weighted by molar-refractivity contribution is 0.408. The minimum absolute atomic E-state index is 0.442. The Hall–Kier alpha value is -2.24. The molecule has 0 aromatic heterocycles. The van der Waals surface area contributed by atoms with E-state index in [0.717, 1.165) is 23.3 Å². The molecule has 4 N–H and O–H groups in total. The van der Waals surface area contributed by atoms with Gasteiger partial charge in [0.05, 0.1) is 12.1 Å². The van der Waals surface area contributed by atoms with Gasteiger partial charge in [-0.25, -0.2) is 9.98 Å².